The van der Waals surface area contributed by atoms with Gasteiger partial charge in [-0.1, -0.05) is 34.1 Å². The van der Waals surface area contributed by atoms with Crippen molar-refractivity contribution in [1.29, 1.82) is 0 Å². The van der Waals surface area contributed by atoms with Gasteiger partial charge in [0.25, 0.3) is 5.91 Å². The van der Waals surface area contributed by atoms with E-state index in [1.165, 1.54) is 5.56 Å². The minimum Gasteiger partial charge on any atom is -0.497 e. The molecule has 1 aliphatic heterocycles. The van der Waals surface area contributed by atoms with Gasteiger partial charge in [-0.25, -0.2) is 5.43 Å². The predicted octanol–water partition coefficient (Wildman–Crippen LogP) is 4.74. The highest BCUT2D eigenvalue weighted by Crippen LogP contribution is 2.30. The molecule has 0 radical (unpaired) electrons. The van der Waals surface area contributed by atoms with Crippen LogP contribution in [-0.2, 0) is 13.1 Å². The third-order valence-electron chi connectivity index (χ3n) is 4.86. The van der Waals surface area contributed by atoms with Crippen molar-refractivity contribution in [2.75, 3.05) is 12.0 Å². The van der Waals surface area contributed by atoms with Gasteiger partial charge in [0.2, 0.25) is 0 Å². The highest BCUT2D eigenvalue weighted by Gasteiger charge is 2.20. The van der Waals surface area contributed by atoms with E-state index in [9.17, 15) is 4.79 Å². The lowest BCUT2D eigenvalue weighted by atomic mass is 10.1. The summed E-state index contributed by atoms with van der Waals surface area (Å²) in [5, 5.41) is 4.06. The quantitative estimate of drug-likeness (QED) is 0.451. The summed E-state index contributed by atoms with van der Waals surface area (Å²) in [6.45, 7) is 1.59. The van der Waals surface area contributed by atoms with Gasteiger partial charge in [0, 0.05) is 28.8 Å². The Morgan fingerprint density at radius 3 is 2.62 bits per heavy atom. The highest BCUT2D eigenvalue weighted by atomic mass is 79.9. The molecule has 0 aromatic heterocycles. The van der Waals surface area contributed by atoms with Crippen LogP contribution in [0.1, 0.15) is 27.0 Å². The number of anilines is 1. The largest absolute Gasteiger partial charge is 0.497 e. The summed E-state index contributed by atoms with van der Waals surface area (Å²) >= 11 is 3.42. The lowest BCUT2D eigenvalue weighted by Crippen LogP contribution is -2.17. The molecule has 1 heterocycles. The van der Waals surface area contributed by atoms with E-state index in [1.807, 2.05) is 54.6 Å². The summed E-state index contributed by atoms with van der Waals surface area (Å²) in [5.41, 5.74) is 7.63. The second kappa shape index (κ2) is 8.49. The fraction of sp³-hybridized carbons (Fsp3) is 0.130. The van der Waals surface area contributed by atoms with E-state index < -0.39 is 0 Å². The number of hydrazone groups is 1. The summed E-state index contributed by atoms with van der Waals surface area (Å²) < 4.78 is 6.19. The molecule has 1 amide bonds. The van der Waals surface area contributed by atoms with Crippen LogP contribution in [0.5, 0.6) is 5.75 Å². The van der Waals surface area contributed by atoms with Gasteiger partial charge in [-0.05, 0) is 65.2 Å². The maximum Gasteiger partial charge on any atom is 0.271 e. The molecule has 5 nitrogen and oxygen atoms in total. The van der Waals surface area contributed by atoms with Crippen molar-refractivity contribution >= 4 is 33.7 Å². The number of hydrogen-bond donors (Lipinski definition) is 1. The third-order valence-corrected chi connectivity index (χ3v) is 5.35. The van der Waals surface area contributed by atoms with E-state index in [-0.39, 0.29) is 5.91 Å². The Labute approximate surface area is 178 Å². The van der Waals surface area contributed by atoms with Crippen LogP contribution in [0.4, 0.5) is 5.69 Å². The first-order valence-corrected chi connectivity index (χ1v) is 10.0. The number of nitrogens with one attached hydrogen (secondary N) is 1. The number of rotatable bonds is 5. The molecule has 0 fully saturated rings. The molecule has 1 N–H and O–H groups in total. The van der Waals surface area contributed by atoms with Crippen molar-refractivity contribution < 1.29 is 9.53 Å². The average molecular weight is 450 g/mol. The first-order chi connectivity index (χ1) is 14.1. The molecule has 6 heteroatoms. The van der Waals surface area contributed by atoms with E-state index in [4.69, 9.17) is 4.74 Å². The Kier molecular flexibility index (Phi) is 5.62. The zero-order valence-electron chi connectivity index (χ0n) is 15.9. The minimum atomic E-state index is -0.220. The van der Waals surface area contributed by atoms with Crippen LogP contribution in [0.2, 0.25) is 0 Å². The molecule has 0 spiro atoms. The number of hydrogen-bond acceptors (Lipinski definition) is 4. The number of halogens is 1. The number of nitrogens with zero attached hydrogens (tertiary/aromatic N) is 2. The molecule has 0 saturated heterocycles. The molecular weight excluding hydrogens is 430 g/mol. The molecule has 4 rings (SSSR count). The summed E-state index contributed by atoms with van der Waals surface area (Å²) in [7, 11) is 1.66. The van der Waals surface area contributed by atoms with Crippen LogP contribution >= 0.6 is 15.9 Å². The molecular formula is C23H20BrN3O2. The van der Waals surface area contributed by atoms with Crippen molar-refractivity contribution in [3.8, 4) is 5.75 Å². The molecule has 0 unspecified atom stereocenters. The third kappa shape index (κ3) is 4.49. The molecule has 3 aromatic carbocycles. The van der Waals surface area contributed by atoms with E-state index in [2.05, 4.69) is 43.5 Å². The molecule has 3 aromatic rings. The monoisotopic (exact) mass is 449 g/mol. The van der Waals surface area contributed by atoms with E-state index in [0.29, 0.717) is 5.56 Å². The molecule has 0 atom stereocenters. The van der Waals surface area contributed by atoms with Gasteiger partial charge >= 0.3 is 0 Å². The Morgan fingerprint density at radius 2 is 1.86 bits per heavy atom. The molecule has 0 saturated carbocycles. The summed E-state index contributed by atoms with van der Waals surface area (Å²) in [6.07, 6.45) is 1.63. The number of fused-ring (bicyclic) bond motifs is 1. The SMILES string of the molecule is COc1ccc(N2Cc3ccc(C(=O)N/N=C\c4cccc(Br)c4)cc3C2)cc1. The fourth-order valence-corrected chi connectivity index (χ4v) is 3.75. The molecule has 0 aliphatic carbocycles. The van der Waals surface area contributed by atoms with Gasteiger partial charge in [-0.3, -0.25) is 4.79 Å². The first kappa shape index (κ1) is 19.2. The number of carbonyl (C=O) groups is 1. The Hall–Kier alpha value is -3.12. The van der Waals surface area contributed by atoms with E-state index in [1.54, 1.807) is 13.3 Å². The summed E-state index contributed by atoms with van der Waals surface area (Å²) in [4.78, 5) is 14.7. The number of methoxy groups -OCH3 is 1. The van der Waals surface area contributed by atoms with Crippen molar-refractivity contribution in [1.82, 2.24) is 5.43 Å². The van der Waals surface area contributed by atoms with Gasteiger partial charge in [0.15, 0.2) is 0 Å². The standard InChI is InChI=1S/C23H20BrN3O2/c1-29-22-9-7-21(8-10-22)27-14-18-6-5-17(12-19(18)15-27)23(28)26-25-13-16-3-2-4-20(24)11-16/h2-13H,14-15H2,1H3,(H,26,28)/b25-13-. The number of ether oxygens (including phenoxy) is 1. The lowest BCUT2D eigenvalue weighted by molar-refractivity contribution is 0.0955. The van der Waals surface area contributed by atoms with Crippen LogP contribution in [0.3, 0.4) is 0 Å². The molecule has 146 valence electrons. The van der Waals surface area contributed by atoms with Gasteiger partial charge in [-0.15, -0.1) is 0 Å². The first-order valence-electron chi connectivity index (χ1n) is 9.22. The number of benzene rings is 3. The van der Waals surface area contributed by atoms with E-state index in [0.717, 1.165) is 40.1 Å². The lowest BCUT2D eigenvalue weighted by Gasteiger charge is -2.17. The molecule has 1 aliphatic rings. The van der Waals surface area contributed by atoms with Crippen molar-refractivity contribution in [3.63, 3.8) is 0 Å². The Morgan fingerprint density at radius 1 is 1.07 bits per heavy atom. The zero-order valence-corrected chi connectivity index (χ0v) is 17.5. The average Bonchev–Trinajstić information content (AvgIpc) is 3.17. The van der Waals surface area contributed by atoms with Gasteiger partial charge in [0.05, 0.1) is 13.3 Å². The molecule has 0 bridgehead atoms. The smallest absolute Gasteiger partial charge is 0.271 e. The van der Waals surface area contributed by atoms with Gasteiger partial charge in [-0.2, -0.15) is 5.10 Å². The highest BCUT2D eigenvalue weighted by molar-refractivity contribution is 9.10. The molecule has 29 heavy (non-hydrogen) atoms. The summed E-state index contributed by atoms with van der Waals surface area (Å²) in [5.74, 6) is 0.620. The van der Waals surface area contributed by atoms with Crippen LogP contribution in [0.25, 0.3) is 0 Å². The van der Waals surface area contributed by atoms with Crippen molar-refractivity contribution in [2.45, 2.75) is 13.1 Å². The number of carbonyl (C=O) groups excluding carboxylic acids is 1. The van der Waals surface area contributed by atoms with Gasteiger partial charge in [0.1, 0.15) is 5.75 Å². The topological polar surface area (TPSA) is 53.9 Å². The second-order valence-electron chi connectivity index (χ2n) is 6.79. The maximum absolute atomic E-state index is 12.5. The minimum absolute atomic E-state index is 0.220. The van der Waals surface area contributed by atoms with Crippen molar-refractivity contribution in [3.05, 3.63) is 93.5 Å². The Bertz CT molecular complexity index is 1060. The fourth-order valence-electron chi connectivity index (χ4n) is 3.33. The van der Waals surface area contributed by atoms with Crippen LogP contribution in [0.15, 0.2) is 76.3 Å². The van der Waals surface area contributed by atoms with Crippen LogP contribution < -0.4 is 15.1 Å². The predicted molar refractivity (Wildman–Crippen MR) is 119 cm³/mol. The van der Waals surface area contributed by atoms with Gasteiger partial charge < -0.3 is 9.64 Å². The number of amides is 1. The Balaban J connectivity index is 1.42. The summed E-state index contributed by atoms with van der Waals surface area (Å²) in [6, 6.07) is 21.5. The van der Waals surface area contributed by atoms with Crippen LogP contribution in [-0.4, -0.2) is 19.2 Å². The van der Waals surface area contributed by atoms with Crippen LogP contribution in [0, 0.1) is 0 Å². The maximum atomic E-state index is 12.5. The zero-order chi connectivity index (χ0) is 20.2. The second-order valence-corrected chi connectivity index (χ2v) is 7.71. The van der Waals surface area contributed by atoms with E-state index >= 15 is 0 Å². The van der Waals surface area contributed by atoms with Crippen molar-refractivity contribution in [2.24, 2.45) is 5.10 Å². The normalized spacial score (nSPS) is 12.8.